The maximum atomic E-state index is 12.4. The Morgan fingerprint density at radius 1 is 1.04 bits per heavy atom. The zero-order valence-corrected chi connectivity index (χ0v) is 15.2. The number of hydrogen-bond donors (Lipinski definition) is 2. The summed E-state index contributed by atoms with van der Waals surface area (Å²) >= 11 is 0. The molecule has 1 saturated carbocycles. The number of anilines is 2. The van der Waals surface area contributed by atoms with Gasteiger partial charge in [-0.15, -0.1) is 10.2 Å². The normalized spacial score (nSPS) is 15.3. The first-order valence-electron chi connectivity index (χ1n) is 8.58. The number of pyridine rings is 1. The molecule has 140 valence electrons. The van der Waals surface area contributed by atoms with E-state index < -0.39 is 10.0 Å². The minimum absolute atomic E-state index is 0.0145. The molecule has 0 amide bonds. The molecule has 4 rings (SSSR count). The third-order valence-electron chi connectivity index (χ3n) is 4.67. The lowest BCUT2D eigenvalue weighted by Crippen LogP contribution is -2.24. The minimum atomic E-state index is -3.75. The molecular weight excluding hydrogens is 368 g/mol. The van der Waals surface area contributed by atoms with Gasteiger partial charge in [0.05, 0.1) is 4.90 Å². The first-order valence-corrected chi connectivity index (χ1v) is 10.1. The van der Waals surface area contributed by atoms with Crippen LogP contribution in [0.1, 0.15) is 31.7 Å². The van der Waals surface area contributed by atoms with Crippen molar-refractivity contribution in [3.63, 3.8) is 0 Å². The largest absolute Gasteiger partial charge is 0.323 e. The maximum Gasteiger partial charge on any atom is 0.252 e. The minimum Gasteiger partial charge on any atom is -0.323 e. The molecule has 0 atom stereocenters. The lowest BCUT2D eigenvalue weighted by molar-refractivity contribution is 0.515. The smallest absolute Gasteiger partial charge is 0.252 e. The second-order valence-corrected chi connectivity index (χ2v) is 8.08. The van der Waals surface area contributed by atoms with Crippen LogP contribution >= 0.6 is 0 Å². The Morgan fingerprint density at radius 3 is 2.41 bits per heavy atom. The highest BCUT2D eigenvalue weighted by Gasteiger charge is 2.21. The highest BCUT2D eigenvalue weighted by molar-refractivity contribution is 7.89. The number of nitrogens with two attached hydrogens (primary N) is 1. The monoisotopic (exact) mass is 386 g/mol. The Bertz CT molecular complexity index is 1150. The summed E-state index contributed by atoms with van der Waals surface area (Å²) in [4.78, 5) is 16.9. The summed E-state index contributed by atoms with van der Waals surface area (Å²) < 4.78 is 24.4. The van der Waals surface area contributed by atoms with Crippen molar-refractivity contribution in [3.8, 4) is 0 Å². The molecule has 3 N–H and O–H groups in total. The highest BCUT2D eigenvalue weighted by Crippen LogP contribution is 2.30. The molecule has 2 heterocycles. The van der Waals surface area contributed by atoms with Gasteiger partial charge >= 0.3 is 0 Å². The number of primary sulfonamides is 1. The summed E-state index contributed by atoms with van der Waals surface area (Å²) in [6.07, 6.45) is 4.07. The number of fused-ring (bicyclic) bond motifs is 1. The van der Waals surface area contributed by atoms with Crippen molar-refractivity contribution in [1.82, 2.24) is 19.7 Å². The zero-order chi connectivity index (χ0) is 19.0. The molecule has 0 aliphatic heterocycles. The second-order valence-electron chi connectivity index (χ2n) is 6.52. The standard InChI is InChI=1S/C17H18N6O3S/c18-27(25,26)13-7-5-11(6-8-13)19-17-20-16-14(21-22-17)9-10-15(24)23(16)12-3-1-2-4-12/h5-10,12H,1-4H2,(H2,18,25,26)(H,19,20,22). The topological polar surface area (TPSA) is 133 Å². The first kappa shape index (κ1) is 17.6. The van der Waals surface area contributed by atoms with E-state index in [1.54, 1.807) is 22.8 Å². The van der Waals surface area contributed by atoms with Crippen molar-refractivity contribution in [2.45, 2.75) is 36.6 Å². The Hall–Kier alpha value is -2.85. The van der Waals surface area contributed by atoms with E-state index in [0.717, 1.165) is 25.7 Å². The molecule has 27 heavy (non-hydrogen) atoms. The Balaban J connectivity index is 1.70. The molecule has 10 heteroatoms. The van der Waals surface area contributed by atoms with Crippen LogP contribution in [0.2, 0.25) is 0 Å². The van der Waals surface area contributed by atoms with Crippen molar-refractivity contribution >= 4 is 32.8 Å². The van der Waals surface area contributed by atoms with Crippen LogP contribution < -0.4 is 16.0 Å². The number of hydrogen-bond acceptors (Lipinski definition) is 7. The summed E-state index contributed by atoms with van der Waals surface area (Å²) in [5.41, 5.74) is 1.53. The number of nitrogens with zero attached hydrogens (tertiary/aromatic N) is 4. The molecule has 1 aliphatic rings. The van der Waals surface area contributed by atoms with E-state index in [0.29, 0.717) is 16.9 Å². The molecule has 0 bridgehead atoms. The molecule has 1 fully saturated rings. The molecular formula is C17H18N6O3S. The van der Waals surface area contributed by atoms with Gasteiger partial charge in [0.1, 0.15) is 5.52 Å². The molecule has 0 radical (unpaired) electrons. The van der Waals surface area contributed by atoms with Crippen molar-refractivity contribution in [1.29, 1.82) is 0 Å². The van der Waals surface area contributed by atoms with Gasteiger partial charge in [-0.25, -0.2) is 13.6 Å². The van der Waals surface area contributed by atoms with E-state index in [-0.39, 0.29) is 22.4 Å². The number of aromatic nitrogens is 4. The number of nitrogens with one attached hydrogen (secondary N) is 1. The van der Waals surface area contributed by atoms with Gasteiger partial charge in [-0.3, -0.25) is 9.36 Å². The van der Waals surface area contributed by atoms with Gasteiger partial charge in [-0.05, 0) is 43.2 Å². The number of benzene rings is 1. The molecule has 0 spiro atoms. The van der Waals surface area contributed by atoms with Gasteiger partial charge in [0.2, 0.25) is 16.0 Å². The Morgan fingerprint density at radius 2 is 1.74 bits per heavy atom. The zero-order valence-electron chi connectivity index (χ0n) is 14.4. The Kier molecular flexibility index (Phi) is 4.36. The predicted octanol–water partition coefficient (Wildman–Crippen LogP) is 1.69. The molecule has 1 aromatic carbocycles. The van der Waals surface area contributed by atoms with Gasteiger partial charge < -0.3 is 5.32 Å². The molecule has 0 unspecified atom stereocenters. The SMILES string of the molecule is NS(=O)(=O)c1ccc(Nc2nnc3ccc(=O)n(C4CCCC4)c3n2)cc1. The van der Waals surface area contributed by atoms with Crippen molar-refractivity contribution in [3.05, 3.63) is 46.8 Å². The van der Waals surface area contributed by atoms with E-state index in [1.165, 1.54) is 18.2 Å². The number of rotatable bonds is 4. The lowest BCUT2D eigenvalue weighted by Gasteiger charge is -2.15. The summed E-state index contributed by atoms with van der Waals surface area (Å²) in [6, 6.07) is 9.13. The van der Waals surface area contributed by atoms with Crippen LogP contribution in [0.15, 0.2) is 46.1 Å². The summed E-state index contributed by atoms with van der Waals surface area (Å²) in [5.74, 6) is 0.225. The second kappa shape index (κ2) is 6.71. The third-order valence-corrected chi connectivity index (χ3v) is 5.60. The van der Waals surface area contributed by atoms with Gasteiger partial charge in [0.15, 0.2) is 5.65 Å². The molecule has 3 aromatic rings. The van der Waals surface area contributed by atoms with E-state index in [1.807, 2.05) is 0 Å². The predicted molar refractivity (Wildman–Crippen MR) is 100 cm³/mol. The van der Waals surface area contributed by atoms with E-state index in [4.69, 9.17) is 5.14 Å². The molecule has 9 nitrogen and oxygen atoms in total. The third kappa shape index (κ3) is 3.53. The fraction of sp³-hybridized carbons (Fsp3) is 0.294. The molecule has 2 aromatic heterocycles. The van der Waals surface area contributed by atoms with E-state index >= 15 is 0 Å². The van der Waals surface area contributed by atoms with Gasteiger partial charge in [-0.2, -0.15) is 4.98 Å². The summed E-state index contributed by atoms with van der Waals surface area (Å²) in [7, 11) is -3.75. The van der Waals surface area contributed by atoms with Crippen LogP contribution in [0.4, 0.5) is 11.6 Å². The number of sulfonamides is 1. The van der Waals surface area contributed by atoms with Crippen LogP contribution in [0.25, 0.3) is 11.2 Å². The van der Waals surface area contributed by atoms with Crippen molar-refractivity contribution < 1.29 is 8.42 Å². The van der Waals surface area contributed by atoms with Gasteiger partial charge in [-0.1, -0.05) is 12.8 Å². The van der Waals surface area contributed by atoms with Crippen LogP contribution in [0.5, 0.6) is 0 Å². The first-order chi connectivity index (χ1) is 12.9. The lowest BCUT2D eigenvalue weighted by atomic mass is 10.2. The maximum absolute atomic E-state index is 12.4. The van der Waals surface area contributed by atoms with Crippen LogP contribution in [0.3, 0.4) is 0 Å². The van der Waals surface area contributed by atoms with Crippen LogP contribution in [-0.2, 0) is 10.0 Å². The molecule has 0 saturated heterocycles. The van der Waals surface area contributed by atoms with Gasteiger partial charge in [0.25, 0.3) is 5.56 Å². The van der Waals surface area contributed by atoms with Crippen LogP contribution in [-0.4, -0.2) is 28.2 Å². The van der Waals surface area contributed by atoms with E-state index in [2.05, 4.69) is 20.5 Å². The van der Waals surface area contributed by atoms with Crippen LogP contribution in [0, 0.1) is 0 Å². The fourth-order valence-corrected chi connectivity index (χ4v) is 3.89. The summed E-state index contributed by atoms with van der Waals surface area (Å²) in [6.45, 7) is 0. The Labute approximate surface area is 155 Å². The average Bonchev–Trinajstić information content (AvgIpc) is 3.15. The quantitative estimate of drug-likeness (QED) is 0.697. The van der Waals surface area contributed by atoms with Gasteiger partial charge in [0, 0.05) is 17.8 Å². The summed E-state index contributed by atoms with van der Waals surface area (Å²) in [5, 5.41) is 16.3. The average molecular weight is 386 g/mol. The van der Waals surface area contributed by atoms with Crippen molar-refractivity contribution in [2.24, 2.45) is 5.14 Å². The van der Waals surface area contributed by atoms with Crippen molar-refractivity contribution in [2.75, 3.05) is 5.32 Å². The molecule has 1 aliphatic carbocycles. The van der Waals surface area contributed by atoms with E-state index in [9.17, 15) is 13.2 Å². The highest BCUT2D eigenvalue weighted by atomic mass is 32.2. The fourth-order valence-electron chi connectivity index (χ4n) is 3.37.